The van der Waals surface area contributed by atoms with E-state index in [0.29, 0.717) is 4.88 Å². The summed E-state index contributed by atoms with van der Waals surface area (Å²) in [7, 11) is 0. The van der Waals surface area contributed by atoms with Gasteiger partial charge in [0.1, 0.15) is 4.88 Å². The lowest BCUT2D eigenvalue weighted by Crippen LogP contribution is -2.17. The average Bonchev–Trinajstić information content (AvgIpc) is 2.90. The minimum absolute atomic E-state index is 0.382. The van der Waals surface area contributed by atoms with E-state index in [0.717, 1.165) is 30.8 Å². The lowest BCUT2D eigenvalue weighted by molar-refractivity contribution is 0.0702. The van der Waals surface area contributed by atoms with Crippen molar-refractivity contribution in [3.05, 3.63) is 46.7 Å². The summed E-state index contributed by atoms with van der Waals surface area (Å²) in [5.74, 6) is -0.861. The van der Waals surface area contributed by atoms with Gasteiger partial charge in [-0.3, -0.25) is 0 Å². The molecule has 0 radical (unpaired) electrons. The summed E-state index contributed by atoms with van der Waals surface area (Å²) in [6.07, 6.45) is 2.19. The van der Waals surface area contributed by atoms with Gasteiger partial charge in [-0.15, -0.1) is 11.3 Å². The number of benzene rings is 1. The van der Waals surface area contributed by atoms with Crippen molar-refractivity contribution >= 4 is 28.7 Å². The Balaban J connectivity index is 2.28. The Morgan fingerprint density at radius 3 is 2.58 bits per heavy atom. The van der Waals surface area contributed by atoms with Gasteiger partial charge in [0.05, 0.1) is 5.69 Å². The van der Waals surface area contributed by atoms with Crippen molar-refractivity contribution in [1.82, 2.24) is 0 Å². The topological polar surface area (TPSA) is 40.5 Å². The predicted molar refractivity (Wildman–Crippen MR) is 79.6 cm³/mol. The number of nitrogens with zero attached hydrogens (tertiary/aromatic N) is 1. The molecule has 19 heavy (non-hydrogen) atoms. The molecule has 0 bridgehead atoms. The number of hydrogen-bond donors (Lipinski definition) is 1. The van der Waals surface area contributed by atoms with E-state index in [1.807, 2.05) is 35.7 Å². The van der Waals surface area contributed by atoms with E-state index in [1.165, 1.54) is 11.3 Å². The number of hydrogen-bond acceptors (Lipinski definition) is 3. The quantitative estimate of drug-likeness (QED) is 0.850. The molecule has 0 saturated heterocycles. The summed E-state index contributed by atoms with van der Waals surface area (Å²) in [4.78, 5) is 13.5. The molecule has 0 spiro atoms. The van der Waals surface area contributed by atoms with E-state index >= 15 is 0 Å². The highest BCUT2D eigenvalue weighted by Gasteiger charge is 2.13. The third-order valence-corrected chi connectivity index (χ3v) is 3.82. The number of carboxylic acids is 1. The summed E-state index contributed by atoms with van der Waals surface area (Å²) in [6.45, 7) is 3.05. The van der Waals surface area contributed by atoms with Crippen molar-refractivity contribution in [2.24, 2.45) is 0 Å². The molecule has 1 aromatic heterocycles. The molecule has 100 valence electrons. The summed E-state index contributed by atoms with van der Waals surface area (Å²) < 4.78 is 0. The predicted octanol–water partition coefficient (Wildman–Crippen LogP) is 4.38. The number of rotatable bonds is 6. The molecule has 0 saturated carbocycles. The van der Waals surface area contributed by atoms with Crippen molar-refractivity contribution in [1.29, 1.82) is 0 Å². The molecule has 0 aliphatic rings. The minimum Gasteiger partial charge on any atom is -0.477 e. The van der Waals surface area contributed by atoms with E-state index in [4.69, 9.17) is 5.11 Å². The monoisotopic (exact) mass is 275 g/mol. The number of aromatic carboxylic acids is 1. The Morgan fingerprint density at radius 2 is 2.00 bits per heavy atom. The van der Waals surface area contributed by atoms with Crippen LogP contribution in [-0.2, 0) is 0 Å². The molecular weight excluding hydrogens is 258 g/mol. The van der Waals surface area contributed by atoms with E-state index < -0.39 is 5.97 Å². The van der Waals surface area contributed by atoms with Gasteiger partial charge < -0.3 is 10.0 Å². The van der Waals surface area contributed by atoms with Crippen molar-refractivity contribution in [3.63, 3.8) is 0 Å². The Hall–Kier alpha value is -1.81. The Morgan fingerprint density at radius 1 is 1.26 bits per heavy atom. The van der Waals surface area contributed by atoms with Crippen LogP contribution in [0.1, 0.15) is 29.4 Å². The molecule has 0 aliphatic heterocycles. The fourth-order valence-corrected chi connectivity index (χ4v) is 2.64. The molecule has 1 heterocycles. The zero-order chi connectivity index (χ0) is 13.7. The zero-order valence-corrected chi connectivity index (χ0v) is 11.7. The number of carboxylic acid groups (broad SMARTS) is 1. The van der Waals surface area contributed by atoms with Crippen molar-refractivity contribution in [2.75, 3.05) is 11.4 Å². The maximum absolute atomic E-state index is 11.0. The first-order chi connectivity index (χ1) is 9.22. The largest absolute Gasteiger partial charge is 0.477 e. The van der Waals surface area contributed by atoms with E-state index in [9.17, 15) is 4.79 Å². The summed E-state index contributed by atoms with van der Waals surface area (Å²) in [6, 6.07) is 11.8. The van der Waals surface area contributed by atoms with Crippen LogP contribution in [0.2, 0.25) is 0 Å². The van der Waals surface area contributed by atoms with Crippen molar-refractivity contribution in [2.45, 2.75) is 19.8 Å². The number of anilines is 2. The first kappa shape index (κ1) is 13.6. The second-order valence-electron chi connectivity index (χ2n) is 4.32. The fourth-order valence-electron chi connectivity index (χ4n) is 1.91. The van der Waals surface area contributed by atoms with Crippen LogP contribution in [0.3, 0.4) is 0 Å². The molecule has 0 fully saturated rings. The standard InChI is InChI=1S/C15H17NO2S/c1-2-3-9-16(12-7-5-4-6-8-12)13-10-14(15(17)18)19-11-13/h4-8,10-11H,2-3,9H2,1H3,(H,17,18). The summed E-state index contributed by atoms with van der Waals surface area (Å²) in [5, 5.41) is 10.9. The Labute approximate surface area is 117 Å². The van der Waals surface area contributed by atoms with Gasteiger partial charge in [0.15, 0.2) is 0 Å². The molecule has 1 aromatic carbocycles. The van der Waals surface area contributed by atoms with E-state index in [-0.39, 0.29) is 0 Å². The highest BCUT2D eigenvalue weighted by atomic mass is 32.1. The van der Waals surface area contributed by atoms with Crippen LogP contribution >= 0.6 is 11.3 Å². The first-order valence-corrected chi connectivity index (χ1v) is 7.24. The van der Waals surface area contributed by atoms with Gasteiger partial charge in [-0.1, -0.05) is 31.5 Å². The Bertz CT molecular complexity index is 536. The molecule has 0 unspecified atom stereocenters. The van der Waals surface area contributed by atoms with Gasteiger partial charge >= 0.3 is 5.97 Å². The van der Waals surface area contributed by atoms with Crippen LogP contribution in [-0.4, -0.2) is 17.6 Å². The number of para-hydroxylation sites is 1. The van der Waals surface area contributed by atoms with Gasteiger partial charge in [0, 0.05) is 17.6 Å². The van der Waals surface area contributed by atoms with Crippen molar-refractivity contribution < 1.29 is 9.90 Å². The highest BCUT2D eigenvalue weighted by molar-refractivity contribution is 7.12. The molecule has 4 heteroatoms. The second-order valence-corrected chi connectivity index (χ2v) is 5.23. The maximum atomic E-state index is 11.0. The smallest absolute Gasteiger partial charge is 0.345 e. The molecule has 0 amide bonds. The second kappa shape index (κ2) is 6.38. The Kier molecular flexibility index (Phi) is 4.58. The third-order valence-electron chi connectivity index (χ3n) is 2.91. The zero-order valence-electron chi connectivity index (χ0n) is 10.9. The van der Waals surface area contributed by atoms with Crippen LogP contribution in [0, 0.1) is 0 Å². The first-order valence-electron chi connectivity index (χ1n) is 6.36. The summed E-state index contributed by atoms with van der Waals surface area (Å²) in [5.41, 5.74) is 2.06. The fraction of sp³-hybridized carbons (Fsp3) is 0.267. The van der Waals surface area contributed by atoms with Gasteiger partial charge in [-0.2, -0.15) is 0 Å². The third kappa shape index (κ3) is 3.35. The highest BCUT2D eigenvalue weighted by Crippen LogP contribution is 2.30. The maximum Gasteiger partial charge on any atom is 0.345 e. The summed E-state index contributed by atoms with van der Waals surface area (Å²) >= 11 is 1.27. The molecule has 2 aromatic rings. The molecular formula is C15H17NO2S. The SMILES string of the molecule is CCCCN(c1ccccc1)c1csc(C(=O)O)c1. The van der Waals surface area contributed by atoms with E-state index in [1.54, 1.807) is 6.07 Å². The molecule has 1 N–H and O–H groups in total. The normalized spacial score (nSPS) is 10.4. The number of carbonyl (C=O) groups is 1. The molecule has 3 nitrogen and oxygen atoms in total. The van der Waals surface area contributed by atoms with Crippen molar-refractivity contribution in [3.8, 4) is 0 Å². The van der Waals surface area contributed by atoms with Gasteiger partial charge in [-0.05, 0) is 24.6 Å². The van der Waals surface area contributed by atoms with Crippen LogP contribution in [0.25, 0.3) is 0 Å². The van der Waals surface area contributed by atoms with Crippen LogP contribution in [0.5, 0.6) is 0 Å². The number of unbranched alkanes of at least 4 members (excludes halogenated alkanes) is 1. The molecule has 0 aliphatic carbocycles. The van der Waals surface area contributed by atoms with Crippen LogP contribution in [0.15, 0.2) is 41.8 Å². The lowest BCUT2D eigenvalue weighted by atomic mass is 10.2. The van der Waals surface area contributed by atoms with Gasteiger partial charge in [0.2, 0.25) is 0 Å². The van der Waals surface area contributed by atoms with Gasteiger partial charge in [0.25, 0.3) is 0 Å². The molecule has 0 atom stereocenters. The van der Waals surface area contributed by atoms with Crippen LogP contribution < -0.4 is 4.90 Å². The molecule has 2 rings (SSSR count). The minimum atomic E-state index is -0.861. The lowest BCUT2D eigenvalue weighted by Gasteiger charge is -2.23. The van der Waals surface area contributed by atoms with Gasteiger partial charge in [-0.25, -0.2) is 4.79 Å². The van der Waals surface area contributed by atoms with E-state index in [2.05, 4.69) is 11.8 Å². The number of thiophene rings is 1. The average molecular weight is 275 g/mol. The van der Waals surface area contributed by atoms with Crippen LogP contribution in [0.4, 0.5) is 11.4 Å².